The number of hydrogen-bond donors (Lipinski definition) is 2. The van der Waals surface area contributed by atoms with E-state index in [0.29, 0.717) is 31.1 Å². The van der Waals surface area contributed by atoms with Gasteiger partial charge in [-0.3, -0.25) is 4.79 Å². The van der Waals surface area contributed by atoms with Gasteiger partial charge in [-0.2, -0.15) is 0 Å². The monoisotopic (exact) mass is 514 g/mol. The normalized spacial score (nSPS) is 15.1. The highest BCUT2D eigenvalue weighted by atomic mass is 32.2. The molecule has 3 rings (SSSR count). The molecule has 2 aromatic carbocycles. The summed E-state index contributed by atoms with van der Waals surface area (Å²) in [6.07, 6.45) is 3.35. The Bertz CT molecular complexity index is 1050. The molecule has 8 heteroatoms. The predicted octanol–water partition coefficient (Wildman–Crippen LogP) is 4.86. The number of carbonyl (C=O) groups excluding carboxylic acids is 2. The van der Waals surface area contributed by atoms with E-state index < -0.39 is 20.0 Å². The first kappa shape index (κ1) is 27.3. The van der Waals surface area contributed by atoms with Gasteiger partial charge in [-0.25, -0.2) is 4.79 Å². The van der Waals surface area contributed by atoms with Crippen LogP contribution in [0.5, 0.6) is 0 Å². The molecule has 1 aliphatic rings. The van der Waals surface area contributed by atoms with Crippen LogP contribution in [-0.4, -0.2) is 55.0 Å². The van der Waals surface area contributed by atoms with Crippen molar-refractivity contribution in [1.29, 1.82) is 0 Å². The maximum Gasteiger partial charge on any atom is 0.407 e. The number of thioether (sulfide) groups is 1. The third-order valence-corrected chi connectivity index (χ3v) is 8.54. The number of hydrogen-bond acceptors (Lipinski definition) is 5. The van der Waals surface area contributed by atoms with Gasteiger partial charge in [-0.05, 0) is 93.4 Å². The molecule has 0 radical (unpaired) electrons. The van der Waals surface area contributed by atoms with Gasteiger partial charge in [0.15, 0.2) is 0 Å². The lowest BCUT2D eigenvalue weighted by atomic mass is 9.88. The van der Waals surface area contributed by atoms with E-state index in [0.717, 1.165) is 28.5 Å². The van der Waals surface area contributed by atoms with Crippen LogP contribution in [-0.2, 0) is 11.3 Å². The van der Waals surface area contributed by atoms with Gasteiger partial charge in [0.2, 0.25) is 8.32 Å². The van der Waals surface area contributed by atoms with Crippen molar-refractivity contribution in [3.8, 4) is 0 Å². The van der Waals surface area contributed by atoms with Gasteiger partial charge >= 0.3 is 6.09 Å². The predicted molar refractivity (Wildman–Crippen MR) is 145 cm³/mol. The summed E-state index contributed by atoms with van der Waals surface area (Å²) in [7, 11) is -2.51. The largest absolute Gasteiger partial charge is 0.444 e. The molecule has 35 heavy (non-hydrogen) atoms. The molecule has 0 saturated carbocycles. The molecule has 1 aliphatic heterocycles. The lowest BCUT2D eigenvalue weighted by Crippen LogP contribution is -2.43. The fraction of sp³-hybridized carbons (Fsp3) is 0.481. The molecule has 1 saturated heterocycles. The maximum absolute atomic E-state index is 13.3. The number of benzene rings is 2. The number of carbonyl (C=O) groups is 2. The van der Waals surface area contributed by atoms with Gasteiger partial charge in [-0.15, -0.1) is 11.8 Å². The Balaban J connectivity index is 1.62. The third kappa shape index (κ3) is 7.85. The van der Waals surface area contributed by atoms with Crippen molar-refractivity contribution < 1.29 is 19.1 Å². The van der Waals surface area contributed by atoms with Crippen LogP contribution < -0.4 is 10.5 Å². The molecule has 0 atom stereocenters. The molecule has 0 aliphatic carbocycles. The minimum atomic E-state index is -2.51. The highest BCUT2D eigenvalue weighted by Crippen LogP contribution is 2.29. The SMILES string of the molecule is CSc1cc(C(=O)N2CCC(c3cccc(CNC(=O)OC(C)(C)C)c3)CC2)cc([Si](C)(C)O)c1. The highest BCUT2D eigenvalue weighted by Gasteiger charge is 2.27. The van der Waals surface area contributed by atoms with Crippen LogP contribution in [0.3, 0.4) is 0 Å². The van der Waals surface area contributed by atoms with Crippen molar-refractivity contribution in [2.45, 2.75) is 69.7 Å². The van der Waals surface area contributed by atoms with Crippen LogP contribution in [0.4, 0.5) is 4.79 Å². The summed E-state index contributed by atoms with van der Waals surface area (Å²) in [5.74, 6) is 0.409. The van der Waals surface area contributed by atoms with E-state index in [2.05, 4.69) is 17.4 Å². The van der Waals surface area contributed by atoms with Crippen LogP contribution in [0.25, 0.3) is 0 Å². The van der Waals surface area contributed by atoms with Crippen molar-refractivity contribution in [3.05, 3.63) is 59.2 Å². The van der Waals surface area contributed by atoms with Gasteiger partial charge in [-0.1, -0.05) is 24.3 Å². The average molecular weight is 515 g/mol. The fourth-order valence-corrected chi connectivity index (χ4v) is 5.85. The van der Waals surface area contributed by atoms with Crippen molar-refractivity contribution in [1.82, 2.24) is 10.2 Å². The van der Waals surface area contributed by atoms with Crippen LogP contribution in [0.15, 0.2) is 47.4 Å². The lowest BCUT2D eigenvalue weighted by molar-refractivity contribution is 0.0523. The number of nitrogens with one attached hydrogen (secondary N) is 1. The number of likely N-dealkylation sites (tertiary alicyclic amines) is 1. The maximum atomic E-state index is 13.3. The van der Waals surface area contributed by atoms with Gasteiger partial charge in [0.1, 0.15) is 5.60 Å². The minimum Gasteiger partial charge on any atom is -0.444 e. The van der Waals surface area contributed by atoms with E-state index in [-0.39, 0.29) is 5.91 Å². The lowest BCUT2D eigenvalue weighted by Gasteiger charge is -2.33. The van der Waals surface area contributed by atoms with E-state index in [1.165, 1.54) is 5.56 Å². The number of piperidine rings is 1. The van der Waals surface area contributed by atoms with Crippen LogP contribution >= 0.6 is 11.8 Å². The zero-order chi connectivity index (χ0) is 25.8. The molecule has 0 bridgehead atoms. The van der Waals surface area contributed by atoms with Crippen LogP contribution in [0.2, 0.25) is 13.1 Å². The Kier molecular flexibility index (Phi) is 8.72. The first-order chi connectivity index (χ1) is 16.4. The Morgan fingerprint density at radius 2 is 1.83 bits per heavy atom. The van der Waals surface area contributed by atoms with Crippen molar-refractivity contribution in [2.24, 2.45) is 0 Å². The van der Waals surface area contributed by atoms with Gasteiger partial charge in [0.25, 0.3) is 5.91 Å². The topological polar surface area (TPSA) is 78.9 Å². The summed E-state index contributed by atoms with van der Waals surface area (Å²) in [6, 6.07) is 14.1. The van der Waals surface area contributed by atoms with Gasteiger partial charge < -0.3 is 19.7 Å². The quantitative estimate of drug-likeness (QED) is 0.425. The molecule has 2 amide bonds. The zero-order valence-corrected chi connectivity index (χ0v) is 23.5. The zero-order valence-electron chi connectivity index (χ0n) is 21.7. The summed E-state index contributed by atoms with van der Waals surface area (Å²) >= 11 is 1.59. The van der Waals surface area contributed by atoms with Crippen LogP contribution in [0, 0.1) is 0 Å². The first-order valence-corrected chi connectivity index (χ1v) is 16.3. The Hall–Kier alpha value is -2.29. The fourth-order valence-electron chi connectivity index (χ4n) is 4.24. The van der Waals surface area contributed by atoms with E-state index in [1.807, 2.05) is 75.4 Å². The van der Waals surface area contributed by atoms with Crippen molar-refractivity contribution in [3.63, 3.8) is 0 Å². The Morgan fingerprint density at radius 1 is 1.14 bits per heavy atom. The highest BCUT2D eigenvalue weighted by molar-refractivity contribution is 7.98. The molecule has 0 spiro atoms. The summed E-state index contributed by atoms with van der Waals surface area (Å²) < 4.78 is 5.32. The number of amides is 2. The number of ether oxygens (including phenoxy) is 1. The molecule has 1 heterocycles. The second-order valence-corrected chi connectivity index (χ2v) is 15.3. The van der Waals surface area contributed by atoms with Crippen molar-refractivity contribution >= 4 is 37.3 Å². The molecular formula is C27H38N2O4SSi. The molecule has 0 unspecified atom stereocenters. The Labute approximate surface area is 214 Å². The molecule has 0 aromatic heterocycles. The van der Waals surface area contributed by atoms with Crippen LogP contribution in [0.1, 0.15) is 61.0 Å². The number of rotatable bonds is 6. The second kappa shape index (κ2) is 11.2. The molecule has 6 nitrogen and oxygen atoms in total. The second-order valence-electron chi connectivity index (χ2n) is 10.7. The van der Waals surface area contributed by atoms with Gasteiger partial charge in [0, 0.05) is 30.1 Å². The molecule has 190 valence electrons. The van der Waals surface area contributed by atoms with E-state index in [9.17, 15) is 14.4 Å². The molecule has 2 N–H and O–H groups in total. The smallest absolute Gasteiger partial charge is 0.407 e. The molecular weight excluding hydrogens is 476 g/mol. The number of nitrogens with zero attached hydrogens (tertiary/aromatic N) is 1. The summed E-state index contributed by atoms with van der Waals surface area (Å²) in [5, 5.41) is 3.71. The summed E-state index contributed by atoms with van der Waals surface area (Å²) in [4.78, 5) is 38.8. The van der Waals surface area contributed by atoms with E-state index in [1.54, 1.807) is 11.8 Å². The molecule has 1 fully saturated rings. The van der Waals surface area contributed by atoms with Crippen molar-refractivity contribution in [2.75, 3.05) is 19.3 Å². The third-order valence-electron chi connectivity index (χ3n) is 6.14. The molecule has 2 aromatic rings. The first-order valence-electron chi connectivity index (χ1n) is 12.1. The Morgan fingerprint density at radius 3 is 2.43 bits per heavy atom. The van der Waals surface area contributed by atoms with E-state index in [4.69, 9.17) is 4.74 Å². The summed E-state index contributed by atoms with van der Waals surface area (Å²) in [6.45, 7) is 11.1. The minimum absolute atomic E-state index is 0.0363. The average Bonchev–Trinajstić information content (AvgIpc) is 2.80. The van der Waals surface area contributed by atoms with Gasteiger partial charge in [0.05, 0.1) is 0 Å². The number of alkyl carbamates (subject to hydrolysis) is 1. The summed E-state index contributed by atoms with van der Waals surface area (Å²) in [5.41, 5.74) is 2.41. The standard InChI is InChI=1S/C27H38N2O4SSi/c1-27(2,3)33-26(31)28-18-19-8-7-9-21(14-19)20-10-12-29(13-11-20)25(30)22-15-23(34-4)17-24(16-22)35(5,6)32/h7-9,14-17,20,32H,10-13,18H2,1-6H3,(H,28,31). The van der Waals surface area contributed by atoms with E-state index >= 15 is 0 Å².